The summed E-state index contributed by atoms with van der Waals surface area (Å²) in [5.41, 5.74) is 0.0907. The number of nitro groups is 1. The molecule has 2 aromatic carbocycles. The van der Waals surface area contributed by atoms with Crippen LogP contribution in [0.25, 0.3) is 0 Å². The van der Waals surface area contributed by atoms with E-state index in [9.17, 15) is 22.9 Å². The van der Waals surface area contributed by atoms with Crippen molar-refractivity contribution in [3.63, 3.8) is 0 Å². The number of sulfonamides is 1. The molecular formula is C17H20FN3O4S. The van der Waals surface area contributed by atoms with E-state index >= 15 is 0 Å². The first-order chi connectivity index (χ1) is 12.3. The summed E-state index contributed by atoms with van der Waals surface area (Å²) < 4.78 is 40.0. The molecule has 0 heterocycles. The highest BCUT2D eigenvalue weighted by Crippen LogP contribution is 2.29. The molecule has 0 unspecified atom stereocenters. The molecule has 0 amide bonds. The molecule has 26 heavy (non-hydrogen) atoms. The quantitative estimate of drug-likeness (QED) is 0.559. The van der Waals surface area contributed by atoms with Crippen LogP contribution in [0.2, 0.25) is 0 Å². The van der Waals surface area contributed by atoms with Crippen molar-refractivity contribution in [2.45, 2.75) is 25.3 Å². The van der Waals surface area contributed by atoms with Crippen LogP contribution in [0.3, 0.4) is 0 Å². The van der Waals surface area contributed by atoms with Gasteiger partial charge in [-0.3, -0.25) is 10.1 Å². The summed E-state index contributed by atoms with van der Waals surface area (Å²) in [5, 5.41) is 14.2. The van der Waals surface area contributed by atoms with Gasteiger partial charge in [0.25, 0.3) is 5.69 Å². The number of rotatable bonds is 8. The summed E-state index contributed by atoms with van der Waals surface area (Å²) in [6.45, 7) is 3.95. The zero-order chi connectivity index (χ0) is 19.3. The molecule has 0 saturated heterocycles. The molecule has 0 aliphatic heterocycles. The molecule has 2 rings (SSSR count). The lowest BCUT2D eigenvalue weighted by molar-refractivity contribution is -0.384. The first-order valence-electron chi connectivity index (χ1n) is 8.07. The van der Waals surface area contributed by atoms with Gasteiger partial charge in [0.1, 0.15) is 11.5 Å². The third-order valence-electron chi connectivity index (χ3n) is 3.94. The lowest BCUT2D eigenvalue weighted by Crippen LogP contribution is -2.30. The summed E-state index contributed by atoms with van der Waals surface area (Å²) in [7, 11) is -3.81. The van der Waals surface area contributed by atoms with E-state index in [2.05, 4.69) is 5.32 Å². The molecule has 0 bridgehead atoms. The van der Waals surface area contributed by atoms with Gasteiger partial charge in [-0.25, -0.2) is 12.8 Å². The molecule has 0 aliphatic rings. The minimum absolute atomic E-state index is 0.0374. The van der Waals surface area contributed by atoms with Crippen LogP contribution in [0.1, 0.15) is 19.4 Å². The van der Waals surface area contributed by atoms with Gasteiger partial charge in [0.05, 0.1) is 9.82 Å². The predicted octanol–water partition coefficient (Wildman–Crippen LogP) is 3.38. The summed E-state index contributed by atoms with van der Waals surface area (Å²) in [6.07, 6.45) is 0. The fourth-order valence-corrected chi connectivity index (χ4v) is 4.00. The molecule has 7 nitrogen and oxygen atoms in total. The molecule has 140 valence electrons. The number of nitrogens with one attached hydrogen (secondary N) is 1. The van der Waals surface area contributed by atoms with Crippen molar-refractivity contribution in [1.82, 2.24) is 4.31 Å². The fourth-order valence-electron chi connectivity index (χ4n) is 2.52. The number of halogens is 1. The van der Waals surface area contributed by atoms with Gasteiger partial charge in [-0.15, -0.1) is 0 Å². The average molecular weight is 381 g/mol. The lowest BCUT2D eigenvalue weighted by atomic mass is 10.2. The maximum atomic E-state index is 13.7. The van der Waals surface area contributed by atoms with Gasteiger partial charge >= 0.3 is 0 Å². The molecule has 0 saturated carbocycles. The topological polar surface area (TPSA) is 92.6 Å². The van der Waals surface area contributed by atoms with Crippen molar-refractivity contribution < 1.29 is 17.7 Å². The smallest absolute Gasteiger partial charge is 0.293 e. The Bertz CT molecular complexity index is 899. The highest BCUT2D eigenvalue weighted by molar-refractivity contribution is 7.89. The van der Waals surface area contributed by atoms with Gasteiger partial charge < -0.3 is 5.32 Å². The average Bonchev–Trinajstić information content (AvgIpc) is 2.61. The Morgan fingerprint density at radius 1 is 1.15 bits per heavy atom. The van der Waals surface area contributed by atoms with Gasteiger partial charge in [0.15, 0.2) is 0 Å². The summed E-state index contributed by atoms with van der Waals surface area (Å²) in [5.74, 6) is -0.427. The Morgan fingerprint density at radius 2 is 1.81 bits per heavy atom. The minimum Gasteiger partial charge on any atom is -0.375 e. The van der Waals surface area contributed by atoms with Crippen LogP contribution in [0.4, 0.5) is 15.8 Å². The van der Waals surface area contributed by atoms with E-state index in [0.717, 1.165) is 6.07 Å². The van der Waals surface area contributed by atoms with Gasteiger partial charge in [0, 0.05) is 31.3 Å². The Hall–Kier alpha value is -2.52. The second kappa shape index (κ2) is 8.24. The molecule has 0 atom stereocenters. The first kappa shape index (κ1) is 19.8. The van der Waals surface area contributed by atoms with Gasteiger partial charge in [-0.2, -0.15) is 4.31 Å². The molecular weight excluding hydrogens is 361 g/mol. The number of hydrogen-bond acceptors (Lipinski definition) is 5. The van der Waals surface area contributed by atoms with E-state index in [1.807, 2.05) is 0 Å². The lowest BCUT2D eigenvalue weighted by Gasteiger charge is -2.18. The Labute approximate surface area is 151 Å². The summed E-state index contributed by atoms with van der Waals surface area (Å²) in [6, 6.07) is 9.73. The van der Waals surface area contributed by atoms with E-state index in [4.69, 9.17) is 0 Å². The summed E-state index contributed by atoms with van der Waals surface area (Å²) in [4.78, 5) is 10.6. The normalized spacial score (nSPS) is 11.5. The van der Waals surface area contributed by atoms with Crippen LogP contribution in [0, 0.1) is 15.9 Å². The van der Waals surface area contributed by atoms with Crippen molar-refractivity contribution >= 4 is 21.4 Å². The maximum absolute atomic E-state index is 13.7. The van der Waals surface area contributed by atoms with Crippen molar-refractivity contribution in [2.75, 3.05) is 18.4 Å². The number of nitro benzene ring substituents is 1. The van der Waals surface area contributed by atoms with Crippen LogP contribution >= 0.6 is 0 Å². The van der Waals surface area contributed by atoms with Crippen LogP contribution < -0.4 is 5.32 Å². The molecule has 0 aromatic heterocycles. The van der Waals surface area contributed by atoms with Gasteiger partial charge in [-0.05, 0) is 18.2 Å². The molecule has 2 aromatic rings. The zero-order valence-electron chi connectivity index (χ0n) is 14.5. The molecule has 0 fully saturated rings. The van der Waals surface area contributed by atoms with Crippen LogP contribution in [-0.4, -0.2) is 30.7 Å². The van der Waals surface area contributed by atoms with E-state index in [1.165, 1.54) is 22.5 Å². The van der Waals surface area contributed by atoms with E-state index in [0.29, 0.717) is 5.56 Å². The van der Waals surface area contributed by atoms with Crippen molar-refractivity contribution in [3.05, 3.63) is 64.0 Å². The van der Waals surface area contributed by atoms with E-state index in [1.54, 1.807) is 32.0 Å². The van der Waals surface area contributed by atoms with Crippen LogP contribution in [0.5, 0.6) is 0 Å². The number of benzene rings is 2. The molecule has 1 N–H and O–H groups in total. The Kier molecular flexibility index (Phi) is 6.27. The van der Waals surface area contributed by atoms with Gasteiger partial charge in [0.2, 0.25) is 10.0 Å². The number of anilines is 1. The maximum Gasteiger partial charge on any atom is 0.293 e. The minimum atomic E-state index is -3.81. The molecule has 9 heteroatoms. The highest BCUT2D eigenvalue weighted by Gasteiger charge is 2.25. The second-order valence-corrected chi connectivity index (χ2v) is 7.41. The standard InChI is InChI=1S/C17H20FN3O4S/c1-3-20(4-2)26(24,25)14-9-10-16(17(11-14)21(22)23)19-12-13-7-5-6-8-15(13)18/h5-11,19H,3-4,12H2,1-2H3. The number of hydrogen-bond donors (Lipinski definition) is 1. The largest absolute Gasteiger partial charge is 0.375 e. The van der Waals surface area contributed by atoms with Crippen molar-refractivity contribution in [3.8, 4) is 0 Å². The van der Waals surface area contributed by atoms with E-state index < -0.39 is 20.8 Å². The Morgan fingerprint density at radius 3 is 2.38 bits per heavy atom. The predicted molar refractivity (Wildman–Crippen MR) is 96.9 cm³/mol. The van der Waals surface area contributed by atoms with Crippen LogP contribution in [0.15, 0.2) is 47.4 Å². The fraction of sp³-hybridized carbons (Fsp3) is 0.294. The SMILES string of the molecule is CCN(CC)S(=O)(=O)c1ccc(NCc2ccccc2F)c([N+](=O)[O-])c1. The van der Waals surface area contributed by atoms with Crippen molar-refractivity contribution in [2.24, 2.45) is 0 Å². The molecule has 0 aliphatic carbocycles. The monoisotopic (exact) mass is 381 g/mol. The Balaban J connectivity index is 2.35. The third-order valence-corrected chi connectivity index (χ3v) is 5.98. The summed E-state index contributed by atoms with van der Waals surface area (Å²) >= 11 is 0. The molecule has 0 spiro atoms. The molecule has 0 radical (unpaired) electrons. The van der Waals surface area contributed by atoms with Crippen molar-refractivity contribution in [1.29, 1.82) is 0 Å². The van der Waals surface area contributed by atoms with Crippen LogP contribution in [-0.2, 0) is 16.6 Å². The number of nitrogens with zero attached hydrogens (tertiary/aromatic N) is 2. The third kappa shape index (κ3) is 4.17. The van der Waals surface area contributed by atoms with Gasteiger partial charge in [-0.1, -0.05) is 32.0 Å². The second-order valence-electron chi connectivity index (χ2n) is 5.47. The zero-order valence-corrected chi connectivity index (χ0v) is 15.3. The van der Waals surface area contributed by atoms with E-state index in [-0.39, 0.29) is 35.9 Å². The highest BCUT2D eigenvalue weighted by atomic mass is 32.2. The first-order valence-corrected chi connectivity index (χ1v) is 9.51.